The van der Waals surface area contributed by atoms with Crippen LogP contribution in [0.5, 0.6) is 0 Å². The van der Waals surface area contributed by atoms with E-state index in [9.17, 15) is 0 Å². The molecule has 0 bridgehead atoms. The predicted octanol–water partition coefficient (Wildman–Crippen LogP) is 9.40. The molecule has 9 aromatic rings. The first-order valence-corrected chi connectivity index (χ1v) is 14.7. The Morgan fingerprint density at radius 1 is 0.318 bits per heavy atom. The lowest BCUT2D eigenvalue weighted by Gasteiger charge is -2.13. The van der Waals surface area contributed by atoms with Gasteiger partial charge in [-0.3, -0.25) is 9.13 Å². The number of benzene rings is 6. The second-order valence-electron chi connectivity index (χ2n) is 10.9. The number of rotatable bonds is 4. The maximum absolute atomic E-state index is 5.25. The van der Waals surface area contributed by atoms with E-state index in [4.69, 9.17) is 15.0 Å². The van der Waals surface area contributed by atoms with Crippen molar-refractivity contribution in [1.29, 1.82) is 0 Å². The van der Waals surface area contributed by atoms with E-state index in [1.807, 2.05) is 36.4 Å². The third-order valence-electron chi connectivity index (χ3n) is 8.40. The van der Waals surface area contributed by atoms with Gasteiger partial charge in [0.1, 0.15) is 0 Å². The molecule has 44 heavy (non-hydrogen) atoms. The Bertz CT molecular complexity index is 2440. The lowest BCUT2D eigenvalue weighted by Crippen LogP contribution is -2.10. The summed E-state index contributed by atoms with van der Waals surface area (Å²) in [5.74, 6) is 1.78. The number of aromatic nitrogens is 5. The van der Waals surface area contributed by atoms with Crippen LogP contribution in [0.15, 0.2) is 152 Å². The Hall–Kier alpha value is -6.07. The molecule has 3 aromatic heterocycles. The molecule has 0 aliphatic rings. The molecule has 0 aliphatic carbocycles. The number of hydrogen-bond donors (Lipinski definition) is 0. The highest BCUT2D eigenvalue weighted by atomic mass is 15.3. The van der Waals surface area contributed by atoms with Gasteiger partial charge in [0.25, 0.3) is 0 Å². The van der Waals surface area contributed by atoms with E-state index in [2.05, 4.69) is 124 Å². The van der Waals surface area contributed by atoms with Crippen LogP contribution in [0.1, 0.15) is 0 Å². The molecule has 0 unspecified atom stereocenters. The molecule has 5 nitrogen and oxygen atoms in total. The van der Waals surface area contributed by atoms with Crippen LogP contribution in [0.4, 0.5) is 0 Å². The Kier molecular flexibility index (Phi) is 5.43. The van der Waals surface area contributed by atoms with Gasteiger partial charge in [-0.25, -0.2) is 0 Å². The third kappa shape index (κ3) is 3.76. The summed E-state index contributed by atoms with van der Waals surface area (Å²) < 4.78 is 4.34. The first-order chi connectivity index (χ1) is 21.8. The summed E-state index contributed by atoms with van der Waals surface area (Å²) >= 11 is 0. The van der Waals surface area contributed by atoms with Gasteiger partial charge in [-0.15, -0.1) is 0 Å². The van der Waals surface area contributed by atoms with Gasteiger partial charge < -0.3 is 0 Å². The average molecular weight is 564 g/mol. The quantitative estimate of drug-likeness (QED) is 0.214. The van der Waals surface area contributed by atoms with Crippen molar-refractivity contribution < 1.29 is 0 Å². The van der Waals surface area contributed by atoms with Gasteiger partial charge in [0.15, 0.2) is 5.82 Å². The number of fused-ring (bicyclic) bond motifs is 6. The highest BCUT2D eigenvalue weighted by Gasteiger charge is 2.20. The summed E-state index contributed by atoms with van der Waals surface area (Å²) in [4.78, 5) is 15.5. The van der Waals surface area contributed by atoms with Crippen LogP contribution in [0.3, 0.4) is 0 Å². The number of hydrogen-bond acceptors (Lipinski definition) is 3. The van der Waals surface area contributed by atoms with Gasteiger partial charge in [0.05, 0.1) is 22.1 Å². The van der Waals surface area contributed by atoms with Crippen molar-refractivity contribution in [3.05, 3.63) is 152 Å². The molecule has 9 rings (SSSR count). The molecule has 0 saturated heterocycles. The van der Waals surface area contributed by atoms with E-state index in [-0.39, 0.29) is 0 Å². The van der Waals surface area contributed by atoms with Crippen molar-refractivity contribution >= 4 is 43.6 Å². The fraction of sp³-hybridized carbons (Fsp3) is 0. The van der Waals surface area contributed by atoms with Crippen molar-refractivity contribution in [3.8, 4) is 34.4 Å². The van der Waals surface area contributed by atoms with E-state index in [1.165, 1.54) is 0 Å². The van der Waals surface area contributed by atoms with E-state index in [0.717, 1.165) is 60.3 Å². The molecule has 0 aliphatic heterocycles. The molecule has 0 radical (unpaired) electrons. The Morgan fingerprint density at radius 3 is 1.30 bits per heavy atom. The van der Waals surface area contributed by atoms with E-state index < -0.39 is 0 Å². The molecule has 0 fully saturated rings. The smallest absolute Gasteiger partial charge is 0.240 e. The summed E-state index contributed by atoms with van der Waals surface area (Å²) in [6, 6.07) is 52.6. The lowest BCUT2D eigenvalue weighted by molar-refractivity contribution is 0.893. The molecule has 206 valence electrons. The highest BCUT2D eigenvalue weighted by Crippen LogP contribution is 2.36. The molecular weight excluding hydrogens is 538 g/mol. The van der Waals surface area contributed by atoms with E-state index in [0.29, 0.717) is 17.7 Å². The first kappa shape index (κ1) is 24.5. The Morgan fingerprint density at radius 2 is 0.750 bits per heavy atom. The molecular formula is C39H25N5. The Labute approximate surface area is 253 Å². The topological polar surface area (TPSA) is 48.5 Å². The van der Waals surface area contributed by atoms with E-state index in [1.54, 1.807) is 0 Å². The monoisotopic (exact) mass is 563 g/mol. The standard InChI is InChI=1S/C39H25N5/c1-3-13-26(14-4-1)28-23-24-32-31-19-9-12-22-35(31)44(36(32)25-28)39-41-37(27-15-5-2-6-16-27)40-38(42-39)43-33-20-10-7-17-29(33)30-18-8-11-21-34(30)43/h1-25H. The van der Waals surface area contributed by atoms with Crippen molar-refractivity contribution in [2.24, 2.45) is 0 Å². The second kappa shape index (κ2) is 9.75. The maximum Gasteiger partial charge on any atom is 0.240 e. The molecule has 0 N–H and O–H groups in total. The minimum atomic E-state index is 0.576. The summed E-state index contributed by atoms with van der Waals surface area (Å²) in [6.45, 7) is 0. The molecule has 0 atom stereocenters. The molecule has 5 heteroatoms. The van der Waals surface area contributed by atoms with Crippen LogP contribution in [-0.4, -0.2) is 24.1 Å². The first-order valence-electron chi connectivity index (χ1n) is 14.7. The van der Waals surface area contributed by atoms with Crippen molar-refractivity contribution in [1.82, 2.24) is 24.1 Å². The third-order valence-corrected chi connectivity index (χ3v) is 8.40. The highest BCUT2D eigenvalue weighted by molar-refractivity contribution is 6.10. The minimum Gasteiger partial charge on any atom is -0.278 e. The molecule has 6 aromatic carbocycles. The van der Waals surface area contributed by atoms with Gasteiger partial charge in [-0.2, -0.15) is 15.0 Å². The Balaban J connectivity index is 1.39. The van der Waals surface area contributed by atoms with Crippen LogP contribution in [0, 0.1) is 0 Å². The van der Waals surface area contributed by atoms with Crippen LogP contribution in [0.2, 0.25) is 0 Å². The zero-order valence-electron chi connectivity index (χ0n) is 23.7. The predicted molar refractivity (Wildman–Crippen MR) is 179 cm³/mol. The van der Waals surface area contributed by atoms with Crippen LogP contribution < -0.4 is 0 Å². The SMILES string of the molecule is c1ccc(-c2ccc3c4ccccc4n(-c4nc(-c5ccccc5)nc(-n5c6ccccc6c6ccccc65)n4)c3c2)cc1. The molecule has 0 saturated carbocycles. The van der Waals surface area contributed by atoms with E-state index >= 15 is 0 Å². The maximum atomic E-state index is 5.25. The normalized spacial score (nSPS) is 11.6. The van der Waals surface area contributed by atoms with Crippen LogP contribution >= 0.6 is 0 Å². The van der Waals surface area contributed by atoms with Gasteiger partial charge in [0, 0.05) is 27.1 Å². The summed E-state index contributed by atoms with van der Waals surface area (Å²) in [6.07, 6.45) is 0. The number of para-hydroxylation sites is 3. The zero-order valence-corrected chi connectivity index (χ0v) is 23.7. The lowest BCUT2D eigenvalue weighted by atomic mass is 10.0. The fourth-order valence-electron chi connectivity index (χ4n) is 6.40. The fourth-order valence-corrected chi connectivity index (χ4v) is 6.40. The van der Waals surface area contributed by atoms with Gasteiger partial charge in [0.2, 0.25) is 11.9 Å². The van der Waals surface area contributed by atoms with Crippen molar-refractivity contribution in [2.45, 2.75) is 0 Å². The summed E-state index contributed by atoms with van der Waals surface area (Å²) in [7, 11) is 0. The van der Waals surface area contributed by atoms with Crippen LogP contribution in [0.25, 0.3) is 78.0 Å². The largest absolute Gasteiger partial charge is 0.278 e. The molecule has 3 heterocycles. The summed E-state index contributed by atoms with van der Waals surface area (Å²) in [5.41, 5.74) is 7.44. The molecule has 0 spiro atoms. The molecule has 0 amide bonds. The van der Waals surface area contributed by atoms with Gasteiger partial charge in [-0.1, -0.05) is 127 Å². The van der Waals surface area contributed by atoms with Crippen LogP contribution in [-0.2, 0) is 0 Å². The van der Waals surface area contributed by atoms with Gasteiger partial charge >= 0.3 is 0 Å². The minimum absolute atomic E-state index is 0.576. The number of nitrogens with zero attached hydrogens (tertiary/aromatic N) is 5. The van der Waals surface area contributed by atoms with Crippen molar-refractivity contribution in [2.75, 3.05) is 0 Å². The van der Waals surface area contributed by atoms with Gasteiger partial charge in [-0.05, 0) is 35.4 Å². The average Bonchev–Trinajstić information content (AvgIpc) is 3.61. The van der Waals surface area contributed by atoms with Crippen molar-refractivity contribution in [3.63, 3.8) is 0 Å². The second-order valence-corrected chi connectivity index (χ2v) is 10.9. The summed E-state index contributed by atoms with van der Waals surface area (Å²) in [5, 5.41) is 4.63. The zero-order chi connectivity index (χ0) is 29.0.